The van der Waals surface area contributed by atoms with Gasteiger partial charge in [0, 0.05) is 18.7 Å². The summed E-state index contributed by atoms with van der Waals surface area (Å²) in [6, 6.07) is 6.35. The molecule has 0 aliphatic heterocycles. The molecule has 1 saturated carbocycles. The van der Waals surface area contributed by atoms with Gasteiger partial charge in [0.25, 0.3) is 0 Å². The molecule has 2 aromatic heterocycles. The van der Waals surface area contributed by atoms with Gasteiger partial charge in [0.2, 0.25) is 5.82 Å². The number of carbonyl (C=O) groups is 1. The van der Waals surface area contributed by atoms with Crippen LogP contribution in [0.5, 0.6) is 0 Å². The van der Waals surface area contributed by atoms with Gasteiger partial charge >= 0.3 is 5.97 Å². The number of aromatic nitrogens is 4. The van der Waals surface area contributed by atoms with Gasteiger partial charge in [-0.15, -0.1) is 0 Å². The number of hydrogen-bond donors (Lipinski definition) is 2. The Labute approximate surface area is 136 Å². The maximum atomic E-state index is 13.2. The number of anilines is 1. The van der Waals surface area contributed by atoms with Crippen molar-refractivity contribution in [2.45, 2.75) is 18.9 Å². The summed E-state index contributed by atoms with van der Waals surface area (Å²) >= 11 is 0. The molecule has 0 radical (unpaired) electrons. The van der Waals surface area contributed by atoms with Crippen LogP contribution < -0.4 is 4.90 Å². The Bertz CT molecular complexity index is 934. The topological polar surface area (TPSA) is 95.0 Å². The van der Waals surface area contributed by atoms with E-state index in [-0.39, 0.29) is 17.3 Å². The van der Waals surface area contributed by atoms with Crippen molar-refractivity contribution < 1.29 is 14.3 Å². The minimum absolute atomic E-state index is 0.207. The number of nitrogens with one attached hydrogen (secondary N) is 1. The quantitative estimate of drug-likeness (QED) is 0.764. The zero-order valence-electron chi connectivity index (χ0n) is 12.8. The fourth-order valence-corrected chi connectivity index (χ4v) is 2.61. The smallest absolute Gasteiger partial charge is 0.372 e. The van der Waals surface area contributed by atoms with E-state index in [4.69, 9.17) is 5.11 Å². The second-order valence-corrected chi connectivity index (χ2v) is 5.81. The minimum Gasteiger partial charge on any atom is -0.475 e. The maximum absolute atomic E-state index is 13.2. The fourth-order valence-electron chi connectivity index (χ4n) is 2.61. The molecule has 8 heteroatoms. The number of hydrogen-bond acceptors (Lipinski definition) is 5. The van der Waals surface area contributed by atoms with Crippen LogP contribution in [0.3, 0.4) is 0 Å². The van der Waals surface area contributed by atoms with Crippen LogP contribution >= 0.6 is 0 Å². The van der Waals surface area contributed by atoms with Gasteiger partial charge in [-0.3, -0.25) is 0 Å². The van der Waals surface area contributed by atoms with Crippen molar-refractivity contribution in [2.24, 2.45) is 0 Å². The molecule has 0 amide bonds. The molecule has 0 bridgehead atoms. The predicted octanol–water partition coefficient (Wildman–Crippen LogP) is 2.46. The molecule has 1 aliphatic rings. The van der Waals surface area contributed by atoms with E-state index in [1.165, 1.54) is 12.1 Å². The van der Waals surface area contributed by atoms with Gasteiger partial charge in [0.05, 0.1) is 0 Å². The van der Waals surface area contributed by atoms with Crippen LogP contribution in [0, 0.1) is 5.82 Å². The van der Waals surface area contributed by atoms with Gasteiger partial charge in [-0.2, -0.15) is 0 Å². The first-order valence-electron chi connectivity index (χ1n) is 7.53. The van der Waals surface area contributed by atoms with Crippen LogP contribution in [0.15, 0.2) is 24.3 Å². The summed E-state index contributed by atoms with van der Waals surface area (Å²) in [5, 5.41) is 9.08. The number of aromatic carboxylic acids is 1. The van der Waals surface area contributed by atoms with Crippen molar-refractivity contribution in [3.63, 3.8) is 0 Å². The Morgan fingerprint density at radius 2 is 1.96 bits per heavy atom. The number of aromatic amines is 1. The lowest BCUT2D eigenvalue weighted by molar-refractivity contribution is 0.0685. The first-order chi connectivity index (χ1) is 11.5. The fraction of sp³-hybridized carbons (Fsp3) is 0.250. The number of H-pyrrole nitrogens is 1. The molecule has 4 rings (SSSR count). The van der Waals surface area contributed by atoms with Gasteiger partial charge in [0.15, 0.2) is 17.1 Å². The SMILES string of the molecule is CN(c1nc2[nH]c(C(=O)O)nc2nc1-c1ccc(F)cc1)C1CC1. The molecule has 3 aromatic rings. The van der Waals surface area contributed by atoms with Crippen LogP contribution in [0.2, 0.25) is 0 Å². The van der Waals surface area contributed by atoms with E-state index < -0.39 is 5.97 Å². The summed E-state index contributed by atoms with van der Waals surface area (Å²) in [5.74, 6) is -1.09. The van der Waals surface area contributed by atoms with Crippen LogP contribution in [-0.4, -0.2) is 44.1 Å². The minimum atomic E-state index is -1.17. The van der Waals surface area contributed by atoms with Gasteiger partial charge in [-0.05, 0) is 37.1 Å². The van der Waals surface area contributed by atoms with Gasteiger partial charge in [0.1, 0.15) is 11.5 Å². The van der Waals surface area contributed by atoms with Crippen LogP contribution in [-0.2, 0) is 0 Å². The van der Waals surface area contributed by atoms with E-state index in [0.29, 0.717) is 28.8 Å². The molecule has 0 atom stereocenters. The lowest BCUT2D eigenvalue weighted by Crippen LogP contribution is -2.22. The van der Waals surface area contributed by atoms with E-state index in [9.17, 15) is 9.18 Å². The highest BCUT2D eigenvalue weighted by atomic mass is 19.1. The lowest BCUT2D eigenvalue weighted by atomic mass is 10.1. The summed E-state index contributed by atoms with van der Waals surface area (Å²) in [6.07, 6.45) is 2.14. The highest BCUT2D eigenvalue weighted by Gasteiger charge is 2.30. The maximum Gasteiger partial charge on any atom is 0.372 e. The highest BCUT2D eigenvalue weighted by Crippen LogP contribution is 2.35. The molecule has 24 heavy (non-hydrogen) atoms. The number of carboxylic acid groups (broad SMARTS) is 1. The summed E-state index contributed by atoms with van der Waals surface area (Å²) in [6.45, 7) is 0. The number of imidazole rings is 1. The first-order valence-corrected chi connectivity index (χ1v) is 7.53. The Balaban J connectivity index is 1.92. The molecule has 7 nitrogen and oxygen atoms in total. The Hall–Kier alpha value is -3.03. The van der Waals surface area contributed by atoms with Crippen molar-refractivity contribution in [1.82, 2.24) is 19.9 Å². The average molecular weight is 327 g/mol. The molecule has 0 spiro atoms. The third kappa shape index (κ3) is 2.45. The second kappa shape index (κ2) is 5.26. The number of benzene rings is 1. The Morgan fingerprint density at radius 1 is 1.25 bits per heavy atom. The van der Waals surface area contributed by atoms with E-state index in [2.05, 4.69) is 19.9 Å². The summed E-state index contributed by atoms with van der Waals surface area (Å²) in [5.41, 5.74) is 1.80. The van der Waals surface area contributed by atoms with E-state index in [0.717, 1.165) is 12.8 Å². The van der Waals surface area contributed by atoms with E-state index in [1.807, 2.05) is 11.9 Å². The number of carboxylic acids is 1. The zero-order valence-corrected chi connectivity index (χ0v) is 12.8. The number of rotatable bonds is 4. The molecule has 0 unspecified atom stereocenters. The lowest BCUT2D eigenvalue weighted by Gasteiger charge is -2.20. The van der Waals surface area contributed by atoms with Gasteiger partial charge < -0.3 is 15.0 Å². The first kappa shape index (κ1) is 14.6. The number of nitrogens with zero attached hydrogens (tertiary/aromatic N) is 4. The molecular formula is C16H14FN5O2. The van der Waals surface area contributed by atoms with Crippen molar-refractivity contribution in [3.05, 3.63) is 35.9 Å². The van der Waals surface area contributed by atoms with Crippen LogP contribution in [0.25, 0.3) is 22.6 Å². The van der Waals surface area contributed by atoms with Crippen molar-refractivity contribution in [2.75, 3.05) is 11.9 Å². The van der Waals surface area contributed by atoms with Gasteiger partial charge in [-0.1, -0.05) is 0 Å². The van der Waals surface area contributed by atoms with Crippen LogP contribution in [0.4, 0.5) is 10.2 Å². The largest absolute Gasteiger partial charge is 0.475 e. The molecule has 1 aliphatic carbocycles. The van der Waals surface area contributed by atoms with Gasteiger partial charge in [-0.25, -0.2) is 24.1 Å². The highest BCUT2D eigenvalue weighted by molar-refractivity contribution is 5.88. The number of fused-ring (bicyclic) bond motifs is 1. The van der Waals surface area contributed by atoms with Crippen molar-refractivity contribution in [3.8, 4) is 11.3 Å². The average Bonchev–Trinajstić information content (AvgIpc) is 3.32. The zero-order chi connectivity index (χ0) is 16.8. The van der Waals surface area contributed by atoms with E-state index >= 15 is 0 Å². The molecular weight excluding hydrogens is 313 g/mol. The normalized spacial score (nSPS) is 14.1. The molecule has 0 saturated heterocycles. The molecule has 122 valence electrons. The molecule has 1 fully saturated rings. The predicted molar refractivity (Wildman–Crippen MR) is 85.5 cm³/mol. The van der Waals surface area contributed by atoms with Crippen molar-refractivity contribution in [1.29, 1.82) is 0 Å². The van der Waals surface area contributed by atoms with Crippen LogP contribution in [0.1, 0.15) is 23.5 Å². The monoisotopic (exact) mass is 327 g/mol. The molecule has 2 heterocycles. The molecule has 1 aromatic carbocycles. The second-order valence-electron chi connectivity index (χ2n) is 5.81. The third-order valence-electron chi connectivity index (χ3n) is 4.06. The van der Waals surface area contributed by atoms with Crippen molar-refractivity contribution >= 4 is 23.1 Å². The Morgan fingerprint density at radius 3 is 2.58 bits per heavy atom. The number of halogens is 1. The van der Waals surface area contributed by atoms with E-state index in [1.54, 1.807) is 12.1 Å². The summed E-state index contributed by atoms with van der Waals surface area (Å²) in [7, 11) is 1.93. The summed E-state index contributed by atoms with van der Waals surface area (Å²) in [4.78, 5) is 28.7. The standard InChI is InChI=1S/C16H14FN5O2/c1-22(10-6-7-10)15-11(8-2-4-9(17)5-3-8)18-12-13(21-15)20-14(19-12)16(23)24/h2-5,10H,6-7H2,1H3,(H,23,24)(H,18,19,20,21). The summed E-state index contributed by atoms with van der Waals surface area (Å²) < 4.78 is 13.2. The third-order valence-corrected chi connectivity index (χ3v) is 4.06. The Kier molecular flexibility index (Phi) is 3.19. The molecule has 2 N–H and O–H groups in total.